The number of carbonyl (C=O) groups excluding carboxylic acids is 1. The number of hydrogen-bond donors (Lipinski definition) is 2. The van der Waals surface area contributed by atoms with Gasteiger partial charge in [0, 0.05) is 6.54 Å². The first-order valence-corrected chi connectivity index (χ1v) is 8.10. The summed E-state index contributed by atoms with van der Waals surface area (Å²) in [5, 5.41) is 12.3. The lowest BCUT2D eigenvalue weighted by atomic mass is 9.86. The monoisotopic (exact) mass is 344 g/mol. The number of nitrogens with zero attached hydrogens (tertiary/aromatic N) is 1. The molecule has 1 fully saturated rings. The molecular weight excluding hydrogens is 321 g/mol. The quantitative estimate of drug-likeness (QED) is 0.863. The Bertz CT molecular complexity index is 563. The minimum absolute atomic E-state index is 0.0184. The summed E-state index contributed by atoms with van der Waals surface area (Å²) in [6, 6.07) is 4.92. The van der Waals surface area contributed by atoms with Crippen molar-refractivity contribution in [3.63, 3.8) is 0 Å². The molecule has 1 aromatic rings. The van der Waals surface area contributed by atoms with Gasteiger partial charge in [0.2, 0.25) is 5.91 Å². The van der Waals surface area contributed by atoms with Gasteiger partial charge in [-0.05, 0) is 37.9 Å². The summed E-state index contributed by atoms with van der Waals surface area (Å²) in [6.45, 7) is 0.533. The minimum Gasteiger partial charge on any atom is -0.393 e. The summed E-state index contributed by atoms with van der Waals surface area (Å²) in [5.41, 5.74) is -1.09. The minimum atomic E-state index is -4.51. The van der Waals surface area contributed by atoms with E-state index < -0.39 is 17.6 Å². The van der Waals surface area contributed by atoms with Crippen molar-refractivity contribution in [1.29, 1.82) is 0 Å². The van der Waals surface area contributed by atoms with E-state index in [1.165, 1.54) is 18.2 Å². The van der Waals surface area contributed by atoms with E-state index in [9.17, 15) is 23.1 Å². The second-order valence-corrected chi connectivity index (χ2v) is 6.40. The molecule has 0 saturated heterocycles. The summed E-state index contributed by atoms with van der Waals surface area (Å²) in [6.07, 6.45) is -1.14. The molecule has 1 aromatic carbocycles. The lowest BCUT2D eigenvalue weighted by Crippen LogP contribution is -2.38. The number of anilines is 1. The number of hydrogen-bond acceptors (Lipinski definition) is 3. The number of likely N-dealkylation sites (N-methyl/N-ethyl adjacent to an activating group) is 1. The Kier molecular flexibility index (Phi) is 6.23. The van der Waals surface area contributed by atoms with Crippen LogP contribution < -0.4 is 5.32 Å². The van der Waals surface area contributed by atoms with Crippen molar-refractivity contribution in [3.8, 4) is 0 Å². The van der Waals surface area contributed by atoms with Crippen LogP contribution in [0, 0.1) is 5.92 Å². The van der Waals surface area contributed by atoms with Gasteiger partial charge in [0.25, 0.3) is 0 Å². The van der Waals surface area contributed by atoms with Gasteiger partial charge in [0.15, 0.2) is 0 Å². The zero-order valence-electron chi connectivity index (χ0n) is 13.6. The van der Waals surface area contributed by atoms with E-state index in [0.29, 0.717) is 6.54 Å². The Morgan fingerprint density at radius 2 is 1.96 bits per heavy atom. The molecule has 1 aliphatic carbocycles. The smallest absolute Gasteiger partial charge is 0.393 e. The highest BCUT2D eigenvalue weighted by atomic mass is 19.4. The zero-order valence-corrected chi connectivity index (χ0v) is 13.6. The number of alkyl halides is 3. The first-order valence-electron chi connectivity index (χ1n) is 8.10. The average molecular weight is 344 g/mol. The van der Waals surface area contributed by atoms with E-state index in [2.05, 4.69) is 5.32 Å². The molecule has 2 atom stereocenters. The van der Waals surface area contributed by atoms with Crippen LogP contribution in [0.1, 0.15) is 31.2 Å². The third-order valence-corrected chi connectivity index (χ3v) is 4.34. The number of carbonyl (C=O) groups is 1. The maximum Gasteiger partial charge on any atom is 0.418 e. The fraction of sp³-hybridized carbons (Fsp3) is 0.588. The molecule has 2 rings (SSSR count). The second-order valence-electron chi connectivity index (χ2n) is 6.40. The molecular formula is C17H23F3N2O2. The average Bonchev–Trinajstić information content (AvgIpc) is 2.49. The van der Waals surface area contributed by atoms with Gasteiger partial charge in [-0.25, -0.2) is 0 Å². The first-order chi connectivity index (χ1) is 11.3. The fourth-order valence-electron chi connectivity index (χ4n) is 3.14. The normalized spacial score (nSPS) is 21.8. The maximum absolute atomic E-state index is 12.9. The van der Waals surface area contributed by atoms with Crippen LogP contribution >= 0.6 is 0 Å². The molecule has 1 aliphatic rings. The van der Waals surface area contributed by atoms with Crippen molar-refractivity contribution in [3.05, 3.63) is 29.8 Å². The van der Waals surface area contributed by atoms with Crippen molar-refractivity contribution in [1.82, 2.24) is 4.90 Å². The summed E-state index contributed by atoms with van der Waals surface area (Å²) >= 11 is 0. The molecule has 2 unspecified atom stereocenters. The molecule has 0 heterocycles. The summed E-state index contributed by atoms with van der Waals surface area (Å²) < 4.78 is 38.8. The molecule has 7 heteroatoms. The second kappa shape index (κ2) is 7.98. The first kappa shape index (κ1) is 18.7. The molecule has 4 nitrogen and oxygen atoms in total. The predicted octanol–water partition coefficient (Wildman–Crippen LogP) is 3.13. The van der Waals surface area contributed by atoms with Crippen molar-refractivity contribution < 1.29 is 23.1 Å². The molecule has 134 valence electrons. The molecule has 1 amide bonds. The molecule has 0 aliphatic heterocycles. The summed E-state index contributed by atoms with van der Waals surface area (Å²) in [4.78, 5) is 13.8. The lowest BCUT2D eigenvalue weighted by molar-refractivity contribution is -0.137. The summed E-state index contributed by atoms with van der Waals surface area (Å²) in [7, 11) is 1.73. The van der Waals surface area contributed by atoms with Crippen molar-refractivity contribution in [2.24, 2.45) is 5.92 Å². The van der Waals surface area contributed by atoms with Gasteiger partial charge in [-0.3, -0.25) is 9.69 Å². The van der Waals surface area contributed by atoms with Crippen LogP contribution in [-0.2, 0) is 11.0 Å². The zero-order chi connectivity index (χ0) is 17.7. The lowest BCUT2D eigenvalue weighted by Gasteiger charge is -2.31. The van der Waals surface area contributed by atoms with Crippen LogP contribution in [0.4, 0.5) is 18.9 Å². The van der Waals surface area contributed by atoms with Crippen LogP contribution in [0.25, 0.3) is 0 Å². The number of halogens is 3. The SMILES string of the molecule is CN(CC(=O)Nc1ccccc1C(F)(F)F)CC1CCCCC1O. The van der Waals surface area contributed by atoms with Crippen molar-refractivity contribution in [2.45, 2.75) is 38.0 Å². The molecule has 0 bridgehead atoms. The van der Waals surface area contributed by atoms with Gasteiger partial charge < -0.3 is 10.4 Å². The van der Waals surface area contributed by atoms with Gasteiger partial charge >= 0.3 is 6.18 Å². The van der Waals surface area contributed by atoms with Crippen LogP contribution in [-0.4, -0.2) is 42.2 Å². The van der Waals surface area contributed by atoms with Crippen LogP contribution in [0.3, 0.4) is 0 Å². The Balaban J connectivity index is 1.91. The molecule has 0 radical (unpaired) electrons. The molecule has 24 heavy (non-hydrogen) atoms. The van der Waals surface area contributed by atoms with E-state index in [0.717, 1.165) is 31.7 Å². The van der Waals surface area contributed by atoms with Gasteiger partial charge in [-0.2, -0.15) is 13.2 Å². The van der Waals surface area contributed by atoms with E-state index in [-0.39, 0.29) is 24.3 Å². The van der Waals surface area contributed by atoms with E-state index in [4.69, 9.17) is 0 Å². The number of nitrogens with one attached hydrogen (secondary N) is 1. The number of rotatable bonds is 5. The van der Waals surface area contributed by atoms with E-state index in [1.807, 2.05) is 0 Å². The van der Waals surface area contributed by atoms with Crippen LogP contribution in [0.2, 0.25) is 0 Å². The highest BCUT2D eigenvalue weighted by Gasteiger charge is 2.33. The molecule has 0 spiro atoms. The molecule has 1 saturated carbocycles. The number of aliphatic hydroxyl groups excluding tert-OH is 1. The maximum atomic E-state index is 12.9. The number of aliphatic hydroxyl groups is 1. The van der Waals surface area contributed by atoms with Gasteiger partial charge in [0.05, 0.1) is 23.9 Å². The largest absolute Gasteiger partial charge is 0.418 e. The highest BCUT2D eigenvalue weighted by Crippen LogP contribution is 2.34. The van der Waals surface area contributed by atoms with Gasteiger partial charge in [-0.1, -0.05) is 25.0 Å². The highest BCUT2D eigenvalue weighted by molar-refractivity contribution is 5.93. The van der Waals surface area contributed by atoms with Gasteiger partial charge in [-0.15, -0.1) is 0 Å². The van der Waals surface area contributed by atoms with Crippen molar-refractivity contribution >= 4 is 11.6 Å². The van der Waals surface area contributed by atoms with Crippen LogP contribution in [0.15, 0.2) is 24.3 Å². The molecule has 0 aromatic heterocycles. The Morgan fingerprint density at radius 1 is 1.29 bits per heavy atom. The number of para-hydroxylation sites is 1. The third kappa shape index (κ3) is 5.21. The van der Waals surface area contributed by atoms with Crippen LogP contribution in [0.5, 0.6) is 0 Å². The summed E-state index contributed by atoms with van der Waals surface area (Å²) in [5.74, 6) is -0.390. The third-order valence-electron chi connectivity index (χ3n) is 4.34. The van der Waals surface area contributed by atoms with Crippen molar-refractivity contribution in [2.75, 3.05) is 25.5 Å². The predicted molar refractivity (Wildman–Crippen MR) is 85.5 cm³/mol. The number of amides is 1. The fourth-order valence-corrected chi connectivity index (χ4v) is 3.14. The standard InChI is InChI=1S/C17H23F3N2O2/c1-22(10-12-6-2-5-9-15(12)23)11-16(24)21-14-8-4-3-7-13(14)17(18,19)20/h3-4,7-8,12,15,23H,2,5-6,9-11H2,1H3,(H,21,24). The van der Waals surface area contributed by atoms with E-state index >= 15 is 0 Å². The molecule has 2 N–H and O–H groups in total. The van der Waals surface area contributed by atoms with E-state index in [1.54, 1.807) is 11.9 Å². The topological polar surface area (TPSA) is 52.6 Å². The number of benzene rings is 1. The Hall–Kier alpha value is -1.60. The Labute approximate surface area is 139 Å². The van der Waals surface area contributed by atoms with Gasteiger partial charge in [0.1, 0.15) is 0 Å². The Morgan fingerprint density at radius 3 is 2.62 bits per heavy atom.